The number of benzene rings is 2. The van der Waals surface area contributed by atoms with Gasteiger partial charge >= 0.3 is 18.1 Å². The number of carboxylic acids is 1. The SMILES string of the molecule is CC(C)c1cccc(OC(=O)c2ccc(CN)cc2)c1.O=C(O)C(F)(F)F. The zero-order valence-corrected chi connectivity index (χ0v) is 14.8. The standard InChI is InChI=1S/C17H19NO2.C2HF3O2/c1-12(2)15-4-3-5-16(10-15)20-17(19)14-8-6-13(11-18)7-9-14;3-2(4,5)1(6)7/h3-10,12H,11,18H2,1-2H3;(H,6,7). The number of hydrogen-bond acceptors (Lipinski definition) is 4. The maximum atomic E-state index is 12.0. The summed E-state index contributed by atoms with van der Waals surface area (Å²) in [6.45, 7) is 4.67. The van der Waals surface area contributed by atoms with Gasteiger partial charge < -0.3 is 15.6 Å². The molecule has 0 atom stereocenters. The second-order valence-electron chi connectivity index (χ2n) is 5.82. The minimum absolute atomic E-state index is 0.352. The van der Waals surface area contributed by atoms with E-state index in [1.54, 1.807) is 18.2 Å². The highest BCUT2D eigenvalue weighted by molar-refractivity contribution is 5.91. The van der Waals surface area contributed by atoms with Crippen LogP contribution in [-0.4, -0.2) is 23.2 Å². The number of esters is 1. The van der Waals surface area contributed by atoms with E-state index in [-0.39, 0.29) is 5.97 Å². The molecular weight excluding hydrogens is 363 g/mol. The molecule has 0 fully saturated rings. The number of rotatable bonds is 4. The van der Waals surface area contributed by atoms with Gasteiger partial charge in [-0.25, -0.2) is 9.59 Å². The smallest absolute Gasteiger partial charge is 0.475 e. The summed E-state index contributed by atoms with van der Waals surface area (Å²) >= 11 is 0. The maximum absolute atomic E-state index is 12.0. The first kappa shape index (κ1) is 22.2. The number of carbonyl (C=O) groups excluding carboxylic acids is 1. The summed E-state index contributed by atoms with van der Waals surface area (Å²) < 4.78 is 37.1. The zero-order chi connectivity index (χ0) is 20.6. The molecule has 0 radical (unpaired) electrons. The van der Waals surface area contributed by atoms with E-state index in [0.717, 1.165) is 11.1 Å². The first-order valence-electron chi connectivity index (χ1n) is 7.95. The molecule has 0 heterocycles. The maximum Gasteiger partial charge on any atom is 0.490 e. The number of alkyl halides is 3. The zero-order valence-electron chi connectivity index (χ0n) is 14.8. The van der Waals surface area contributed by atoms with E-state index in [2.05, 4.69) is 13.8 Å². The van der Waals surface area contributed by atoms with Crippen LogP contribution < -0.4 is 10.5 Å². The molecule has 0 saturated carbocycles. The topological polar surface area (TPSA) is 89.6 Å². The van der Waals surface area contributed by atoms with Gasteiger partial charge in [0.05, 0.1) is 5.56 Å². The van der Waals surface area contributed by atoms with Crippen molar-refractivity contribution in [1.29, 1.82) is 0 Å². The summed E-state index contributed by atoms with van der Waals surface area (Å²) in [5.74, 6) is -2.14. The Morgan fingerprint density at radius 3 is 2.11 bits per heavy atom. The molecule has 2 rings (SSSR count). The van der Waals surface area contributed by atoms with Crippen LogP contribution in [0, 0.1) is 0 Å². The van der Waals surface area contributed by atoms with Gasteiger partial charge in [-0.2, -0.15) is 13.2 Å². The van der Waals surface area contributed by atoms with Crippen LogP contribution in [0.4, 0.5) is 13.2 Å². The summed E-state index contributed by atoms with van der Waals surface area (Å²) in [6, 6.07) is 14.7. The predicted octanol–water partition coefficient (Wildman–Crippen LogP) is 4.12. The van der Waals surface area contributed by atoms with E-state index in [1.807, 2.05) is 30.3 Å². The van der Waals surface area contributed by atoms with Crippen molar-refractivity contribution < 1.29 is 32.6 Å². The van der Waals surface area contributed by atoms with Crippen molar-refractivity contribution in [3.63, 3.8) is 0 Å². The molecule has 0 amide bonds. The lowest BCUT2D eigenvalue weighted by Crippen LogP contribution is -2.21. The summed E-state index contributed by atoms with van der Waals surface area (Å²) in [4.78, 5) is 20.9. The number of hydrogen-bond donors (Lipinski definition) is 2. The number of ether oxygens (including phenoxy) is 1. The molecule has 0 spiro atoms. The van der Waals surface area contributed by atoms with Crippen molar-refractivity contribution in [3.8, 4) is 5.75 Å². The summed E-state index contributed by atoms with van der Waals surface area (Å²) in [5.41, 5.74) is 8.19. The third-order valence-corrected chi connectivity index (χ3v) is 3.40. The third-order valence-electron chi connectivity index (χ3n) is 3.40. The highest BCUT2D eigenvalue weighted by atomic mass is 19.4. The molecule has 8 heteroatoms. The van der Waals surface area contributed by atoms with Crippen molar-refractivity contribution in [1.82, 2.24) is 0 Å². The lowest BCUT2D eigenvalue weighted by molar-refractivity contribution is -0.192. The molecule has 0 aliphatic rings. The van der Waals surface area contributed by atoms with Crippen molar-refractivity contribution in [2.24, 2.45) is 5.73 Å². The quantitative estimate of drug-likeness (QED) is 0.612. The van der Waals surface area contributed by atoms with Crippen LogP contribution in [0.15, 0.2) is 48.5 Å². The fourth-order valence-corrected chi connectivity index (χ4v) is 1.88. The van der Waals surface area contributed by atoms with Gasteiger partial charge in [0.2, 0.25) is 0 Å². The molecule has 0 bridgehead atoms. The fourth-order valence-electron chi connectivity index (χ4n) is 1.88. The largest absolute Gasteiger partial charge is 0.490 e. The average Bonchev–Trinajstić information content (AvgIpc) is 2.61. The van der Waals surface area contributed by atoms with Crippen LogP contribution in [0.3, 0.4) is 0 Å². The first-order valence-corrected chi connectivity index (χ1v) is 7.95. The number of carboxylic acid groups (broad SMARTS) is 1. The number of halogens is 3. The van der Waals surface area contributed by atoms with E-state index in [4.69, 9.17) is 20.4 Å². The molecule has 0 aliphatic carbocycles. The highest BCUT2D eigenvalue weighted by Gasteiger charge is 2.38. The van der Waals surface area contributed by atoms with Crippen LogP contribution >= 0.6 is 0 Å². The van der Waals surface area contributed by atoms with Gasteiger partial charge in [-0.3, -0.25) is 0 Å². The normalized spacial score (nSPS) is 10.8. The fraction of sp³-hybridized carbons (Fsp3) is 0.263. The first-order chi connectivity index (χ1) is 12.5. The Hall–Kier alpha value is -2.87. The molecule has 0 saturated heterocycles. The van der Waals surface area contributed by atoms with Crippen LogP contribution in [0.25, 0.3) is 0 Å². The summed E-state index contributed by atoms with van der Waals surface area (Å²) in [6.07, 6.45) is -5.08. The van der Waals surface area contributed by atoms with Gasteiger partial charge in [-0.05, 0) is 41.3 Å². The molecule has 2 aromatic carbocycles. The van der Waals surface area contributed by atoms with Gasteiger partial charge in [-0.1, -0.05) is 38.1 Å². The van der Waals surface area contributed by atoms with Crippen molar-refractivity contribution in [2.75, 3.05) is 0 Å². The van der Waals surface area contributed by atoms with Crippen LogP contribution in [-0.2, 0) is 11.3 Å². The average molecular weight is 383 g/mol. The minimum atomic E-state index is -5.08. The van der Waals surface area contributed by atoms with Crippen LogP contribution in [0.5, 0.6) is 5.75 Å². The van der Waals surface area contributed by atoms with Crippen LogP contribution in [0.2, 0.25) is 0 Å². The lowest BCUT2D eigenvalue weighted by atomic mass is 10.0. The minimum Gasteiger partial charge on any atom is -0.475 e. The van der Waals surface area contributed by atoms with Crippen molar-refractivity contribution in [3.05, 3.63) is 65.2 Å². The Kier molecular flexibility index (Phi) is 7.99. The molecule has 0 aromatic heterocycles. The second-order valence-corrected chi connectivity index (χ2v) is 5.82. The predicted molar refractivity (Wildman–Crippen MR) is 93.5 cm³/mol. The Bertz CT molecular complexity index is 771. The highest BCUT2D eigenvalue weighted by Crippen LogP contribution is 2.21. The summed E-state index contributed by atoms with van der Waals surface area (Å²) in [5, 5.41) is 7.12. The third kappa shape index (κ3) is 7.49. The Balaban J connectivity index is 0.000000445. The Labute approximate surface area is 154 Å². The molecule has 5 nitrogen and oxygen atoms in total. The van der Waals surface area contributed by atoms with Crippen molar-refractivity contribution >= 4 is 11.9 Å². The molecule has 0 aliphatic heterocycles. The second kappa shape index (κ2) is 9.72. The monoisotopic (exact) mass is 383 g/mol. The van der Waals surface area contributed by atoms with Gasteiger partial charge in [0, 0.05) is 6.54 Å². The summed E-state index contributed by atoms with van der Waals surface area (Å²) in [7, 11) is 0. The van der Waals surface area contributed by atoms with E-state index in [9.17, 15) is 18.0 Å². The number of nitrogens with two attached hydrogens (primary N) is 1. The van der Waals surface area contributed by atoms with Gasteiger partial charge in [-0.15, -0.1) is 0 Å². The molecule has 0 unspecified atom stereocenters. The van der Waals surface area contributed by atoms with E-state index < -0.39 is 12.1 Å². The van der Waals surface area contributed by atoms with E-state index in [1.165, 1.54) is 0 Å². The molecule has 27 heavy (non-hydrogen) atoms. The molecule has 2 aromatic rings. The Morgan fingerprint density at radius 2 is 1.67 bits per heavy atom. The van der Waals surface area contributed by atoms with Gasteiger partial charge in [0.25, 0.3) is 0 Å². The van der Waals surface area contributed by atoms with Crippen molar-refractivity contribution in [2.45, 2.75) is 32.5 Å². The van der Waals surface area contributed by atoms with Gasteiger partial charge in [0.15, 0.2) is 0 Å². The number of carbonyl (C=O) groups is 2. The molecular formula is C19H20F3NO4. The molecule has 146 valence electrons. The Morgan fingerprint density at radius 1 is 1.11 bits per heavy atom. The van der Waals surface area contributed by atoms with E-state index in [0.29, 0.717) is 23.8 Å². The lowest BCUT2D eigenvalue weighted by Gasteiger charge is -2.09. The molecule has 3 N–H and O–H groups in total. The van der Waals surface area contributed by atoms with E-state index >= 15 is 0 Å². The van der Waals surface area contributed by atoms with Crippen LogP contribution in [0.1, 0.15) is 41.3 Å². The number of aliphatic carboxylic acids is 1. The van der Waals surface area contributed by atoms with Gasteiger partial charge in [0.1, 0.15) is 5.75 Å².